The standard InChI is InChI=1S/C15H29N5O/c1-5-12(4)14(16)15(21)18-13-10-17-20(11-13)9-8-19(6-2)7-3/h10-12,14H,5-9,16H2,1-4H3,(H,18,21)/t12?,14-/m0/s1. The number of anilines is 1. The largest absolute Gasteiger partial charge is 0.322 e. The minimum absolute atomic E-state index is 0.146. The molecule has 0 spiro atoms. The first-order valence-corrected chi connectivity index (χ1v) is 7.83. The van der Waals surface area contributed by atoms with Crippen molar-refractivity contribution in [2.75, 3.05) is 25.0 Å². The van der Waals surface area contributed by atoms with E-state index in [0.717, 1.165) is 32.6 Å². The van der Waals surface area contributed by atoms with Gasteiger partial charge in [0.15, 0.2) is 0 Å². The summed E-state index contributed by atoms with van der Waals surface area (Å²) in [4.78, 5) is 14.3. The van der Waals surface area contributed by atoms with E-state index in [-0.39, 0.29) is 11.8 Å². The van der Waals surface area contributed by atoms with Crippen LogP contribution in [0.2, 0.25) is 0 Å². The third-order valence-corrected chi connectivity index (χ3v) is 4.00. The molecule has 1 unspecified atom stereocenters. The topological polar surface area (TPSA) is 76.2 Å². The van der Waals surface area contributed by atoms with Gasteiger partial charge in [0, 0.05) is 12.7 Å². The molecule has 0 aliphatic heterocycles. The molecule has 1 heterocycles. The van der Waals surface area contributed by atoms with E-state index >= 15 is 0 Å². The predicted molar refractivity (Wildman–Crippen MR) is 86.1 cm³/mol. The van der Waals surface area contributed by atoms with Crippen LogP contribution in [0, 0.1) is 5.92 Å². The number of hydrogen-bond donors (Lipinski definition) is 2. The van der Waals surface area contributed by atoms with Gasteiger partial charge >= 0.3 is 0 Å². The molecule has 0 aliphatic rings. The molecule has 2 atom stereocenters. The lowest BCUT2D eigenvalue weighted by Gasteiger charge is -2.17. The average Bonchev–Trinajstić information content (AvgIpc) is 2.94. The van der Waals surface area contributed by atoms with Crippen LogP contribution in [-0.4, -0.2) is 46.3 Å². The number of carbonyl (C=O) groups excluding carboxylic acids is 1. The van der Waals surface area contributed by atoms with Gasteiger partial charge in [0.05, 0.1) is 24.5 Å². The average molecular weight is 295 g/mol. The Morgan fingerprint density at radius 1 is 1.43 bits per heavy atom. The van der Waals surface area contributed by atoms with Gasteiger partial charge in [0.25, 0.3) is 0 Å². The molecule has 0 aromatic carbocycles. The molecule has 120 valence electrons. The smallest absolute Gasteiger partial charge is 0.241 e. The number of hydrogen-bond acceptors (Lipinski definition) is 4. The molecule has 1 aromatic rings. The number of carbonyl (C=O) groups is 1. The van der Waals surface area contributed by atoms with Crippen molar-refractivity contribution in [3.63, 3.8) is 0 Å². The van der Waals surface area contributed by atoms with Gasteiger partial charge in [-0.25, -0.2) is 0 Å². The Hall–Kier alpha value is -1.40. The summed E-state index contributed by atoms with van der Waals surface area (Å²) >= 11 is 0. The van der Waals surface area contributed by atoms with Crippen molar-refractivity contribution in [1.29, 1.82) is 0 Å². The van der Waals surface area contributed by atoms with Crippen LogP contribution in [0.3, 0.4) is 0 Å². The fourth-order valence-corrected chi connectivity index (χ4v) is 2.07. The summed E-state index contributed by atoms with van der Waals surface area (Å²) in [6.07, 6.45) is 4.41. The number of amides is 1. The molecule has 1 rings (SSSR count). The van der Waals surface area contributed by atoms with Gasteiger partial charge in [-0.15, -0.1) is 0 Å². The van der Waals surface area contributed by atoms with Crippen molar-refractivity contribution in [2.24, 2.45) is 11.7 Å². The number of nitrogens with zero attached hydrogens (tertiary/aromatic N) is 3. The Balaban J connectivity index is 2.50. The molecule has 1 amide bonds. The molecule has 21 heavy (non-hydrogen) atoms. The molecule has 6 nitrogen and oxygen atoms in total. The Morgan fingerprint density at radius 2 is 2.10 bits per heavy atom. The number of nitrogens with one attached hydrogen (secondary N) is 1. The minimum Gasteiger partial charge on any atom is -0.322 e. The van der Waals surface area contributed by atoms with E-state index in [4.69, 9.17) is 5.73 Å². The zero-order chi connectivity index (χ0) is 15.8. The Morgan fingerprint density at radius 3 is 2.67 bits per heavy atom. The van der Waals surface area contributed by atoms with Gasteiger partial charge in [-0.1, -0.05) is 34.1 Å². The highest BCUT2D eigenvalue weighted by molar-refractivity contribution is 5.94. The zero-order valence-electron chi connectivity index (χ0n) is 13.7. The second-order valence-electron chi connectivity index (χ2n) is 5.42. The van der Waals surface area contributed by atoms with E-state index in [2.05, 4.69) is 29.2 Å². The van der Waals surface area contributed by atoms with Crippen molar-refractivity contribution in [2.45, 2.75) is 46.7 Å². The zero-order valence-corrected chi connectivity index (χ0v) is 13.7. The van der Waals surface area contributed by atoms with Crippen LogP contribution in [-0.2, 0) is 11.3 Å². The van der Waals surface area contributed by atoms with Gasteiger partial charge in [0.2, 0.25) is 5.91 Å². The quantitative estimate of drug-likeness (QED) is 0.724. The maximum Gasteiger partial charge on any atom is 0.241 e. The van der Waals surface area contributed by atoms with Crippen molar-refractivity contribution >= 4 is 11.6 Å². The highest BCUT2D eigenvalue weighted by atomic mass is 16.2. The van der Waals surface area contributed by atoms with E-state index < -0.39 is 6.04 Å². The lowest BCUT2D eigenvalue weighted by atomic mass is 9.99. The summed E-state index contributed by atoms with van der Waals surface area (Å²) in [5, 5.41) is 7.10. The summed E-state index contributed by atoms with van der Waals surface area (Å²) in [7, 11) is 0. The van der Waals surface area contributed by atoms with Crippen molar-refractivity contribution in [3.8, 4) is 0 Å². The van der Waals surface area contributed by atoms with E-state index in [1.165, 1.54) is 0 Å². The third kappa shape index (κ3) is 5.47. The van der Waals surface area contributed by atoms with E-state index in [9.17, 15) is 4.79 Å². The minimum atomic E-state index is -0.478. The fourth-order valence-electron chi connectivity index (χ4n) is 2.07. The molecule has 3 N–H and O–H groups in total. The van der Waals surface area contributed by atoms with Gasteiger partial charge in [0.1, 0.15) is 0 Å². The van der Waals surface area contributed by atoms with Crippen LogP contribution in [0.5, 0.6) is 0 Å². The van der Waals surface area contributed by atoms with Crippen LogP contribution >= 0.6 is 0 Å². The first kappa shape index (κ1) is 17.7. The molecule has 0 saturated carbocycles. The summed E-state index contributed by atoms with van der Waals surface area (Å²) in [6.45, 7) is 12.1. The highest BCUT2D eigenvalue weighted by Gasteiger charge is 2.19. The molecule has 0 saturated heterocycles. The number of rotatable bonds is 9. The second-order valence-corrected chi connectivity index (χ2v) is 5.42. The Kier molecular flexibility index (Phi) is 7.39. The number of aromatic nitrogens is 2. The lowest BCUT2D eigenvalue weighted by Crippen LogP contribution is -2.40. The molecule has 0 aliphatic carbocycles. The van der Waals surface area contributed by atoms with Crippen LogP contribution in [0.1, 0.15) is 34.1 Å². The SMILES string of the molecule is CCC(C)[C@H](N)C(=O)Nc1cnn(CCN(CC)CC)c1. The fraction of sp³-hybridized carbons (Fsp3) is 0.733. The van der Waals surface area contributed by atoms with Gasteiger partial charge in [-0.2, -0.15) is 5.10 Å². The lowest BCUT2D eigenvalue weighted by molar-refractivity contribution is -0.118. The predicted octanol–water partition coefficient (Wildman–Crippen LogP) is 1.54. The summed E-state index contributed by atoms with van der Waals surface area (Å²) in [5.41, 5.74) is 6.62. The molecule has 1 aromatic heterocycles. The molecule has 0 radical (unpaired) electrons. The molecule has 0 bridgehead atoms. The van der Waals surface area contributed by atoms with Crippen LogP contribution in [0.15, 0.2) is 12.4 Å². The highest BCUT2D eigenvalue weighted by Crippen LogP contribution is 2.10. The summed E-state index contributed by atoms with van der Waals surface area (Å²) in [6, 6.07) is -0.478. The Labute approximate surface area is 127 Å². The second kappa shape index (κ2) is 8.79. The normalized spacial score (nSPS) is 14.2. The summed E-state index contributed by atoms with van der Waals surface area (Å²) in [5.74, 6) is 0.0235. The first-order chi connectivity index (χ1) is 10.0. The maximum absolute atomic E-state index is 12.0. The van der Waals surface area contributed by atoms with Gasteiger partial charge in [-0.05, 0) is 19.0 Å². The molecular weight excluding hydrogens is 266 g/mol. The summed E-state index contributed by atoms with van der Waals surface area (Å²) < 4.78 is 1.85. The van der Waals surface area contributed by atoms with Gasteiger partial charge in [-0.3, -0.25) is 9.48 Å². The van der Waals surface area contributed by atoms with Crippen LogP contribution < -0.4 is 11.1 Å². The van der Waals surface area contributed by atoms with E-state index in [0.29, 0.717) is 5.69 Å². The molecule has 0 fully saturated rings. The first-order valence-electron chi connectivity index (χ1n) is 7.83. The van der Waals surface area contributed by atoms with Crippen molar-refractivity contribution in [3.05, 3.63) is 12.4 Å². The van der Waals surface area contributed by atoms with Crippen LogP contribution in [0.4, 0.5) is 5.69 Å². The van der Waals surface area contributed by atoms with Crippen molar-refractivity contribution in [1.82, 2.24) is 14.7 Å². The monoisotopic (exact) mass is 295 g/mol. The maximum atomic E-state index is 12.0. The number of nitrogens with two attached hydrogens (primary N) is 1. The van der Waals surface area contributed by atoms with E-state index in [1.54, 1.807) is 6.20 Å². The Bertz CT molecular complexity index is 427. The van der Waals surface area contributed by atoms with Crippen molar-refractivity contribution < 1.29 is 4.79 Å². The van der Waals surface area contributed by atoms with Crippen LogP contribution in [0.25, 0.3) is 0 Å². The van der Waals surface area contributed by atoms with E-state index in [1.807, 2.05) is 24.7 Å². The molecule has 6 heteroatoms. The van der Waals surface area contributed by atoms with Gasteiger partial charge < -0.3 is 16.0 Å². The molecular formula is C15H29N5O. The number of likely N-dealkylation sites (N-methyl/N-ethyl adjacent to an activating group) is 1. The third-order valence-electron chi connectivity index (χ3n) is 4.00.